The Hall–Kier alpha value is -1.84. The number of piperidine rings is 1. The van der Waals surface area contributed by atoms with Crippen molar-refractivity contribution in [2.24, 2.45) is 0 Å². The van der Waals surface area contributed by atoms with Crippen LogP contribution in [-0.4, -0.2) is 35.8 Å². The van der Waals surface area contributed by atoms with Gasteiger partial charge in [0, 0.05) is 12.6 Å². The second kappa shape index (κ2) is 7.97. The van der Waals surface area contributed by atoms with Gasteiger partial charge >= 0.3 is 0 Å². The maximum atomic E-state index is 12.3. The first-order valence-corrected chi connectivity index (χ1v) is 8.22. The van der Waals surface area contributed by atoms with Crippen LogP contribution in [0.15, 0.2) is 24.3 Å². The number of aryl methyl sites for hydroxylation is 1. The Kier molecular flexibility index (Phi) is 5.99. The summed E-state index contributed by atoms with van der Waals surface area (Å²) >= 11 is 0. The topological polar surface area (TPSA) is 49.4 Å². The van der Waals surface area contributed by atoms with Gasteiger partial charge in [0.1, 0.15) is 0 Å². The van der Waals surface area contributed by atoms with E-state index in [0.29, 0.717) is 12.5 Å². The number of nitrogens with zero attached hydrogens (tertiary/aromatic N) is 1. The molecule has 1 aliphatic heterocycles. The summed E-state index contributed by atoms with van der Waals surface area (Å²) in [5.74, 6) is -0.0499. The number of carbonyl (C=O) groups is 2. The molecule has 120 valence electrons. The number of likely N-dealkylation sites (tertiary alicyclic amines) is 1. The van der Waals surface area contributed by atoms with Crippen LogP contribution in [0.2, 0.25) is 0 Å². The number of rotatable bonds is 5. The van der Waals surface area contributed by atoms with Crippen LogP contribution in [0.4, 0.5) is 0 Å². The Morgan fingerprint density at radius 3 is 2.64 bits per heavy atom. The lowest BCUT2D eigenvalue weighted by Crippen LogP contribution is -2.47. The number of hydrogen-bond acceptors (Lipinski definition) is 2. The van der Waals surface area contributed by atoms with Gasteiger partial charge in [-0.1, -0.05) is 36.8 Å². The van der Waals surface area contributed by atoms with Crippen molar-refractivity contribution < 1.29 is 9.59 Å². The first-order valence-electron chi connectivity index (χ1n) is 8.22. The van der Waals surface area contributed by atoms with E-state index in [1.54, 1.807) is 0 Å². The zero-order chi connectivity index (χ0) is 15.9. The summed E-state index contributed by atoms with van der Waals surface area (Å²) in [7, 11) is 0. The molecule has 1 unspecified atom stereocenters. The van der Waals surface area contributed by atoms with Crippen molar-refractivity contribution in [1.29, 1.82) is 0 Å². The minimum Gasteiger partial charge on any atom is -0.347 e. The van der Waals surface area contributed by atoms with Crippen molar-refractivity contribution in [2.75, 3.05) is 13.1 Å². The Morgan fingerprint density at radius 1 is 1.23 bits per heavy atom. The second-order valence-electron chi connectivity index (χ2n) is 6.08. The number of amides is 2. The molecule has 2 rings (SSSR count). The first kappa shape index (κ1) is 16.5. The molecule has 2 amide bonds. The van der Waals surface area contributed by atoms with Gasteiger partial charge in [-0.25, -0.2) is 0 Å². The minimum absolute atomic E-state index is 0.0452. The number of nitrogens with one attached hydrogen (secondary N) is 1. The van der Waals surface area contributed by atoms with E-state index in [0.717, 1.165) is 31.4 Å². The van der Waals surface area contributed by atoms with Gasteiger partial charge in [0.05, 0.1) is 13.0 Å². The monoisotopic (exact) mass is 302 g/mol. The van der Waals surface area contributed by atoms with E-state index >= 15 is 0 Å². The van der Waals surface area contributed by atoms with Crippen molar-refractivity contribution in [3.8, 4) is 0 Å². The lowest BCUT2D eigenvalue weighted by atomic mass is 10.00. The molecular formula is C18H26N2O2. The average Bonchev–Trinajstić information content (AvgIpc) is 2.54. The molecule has 1 aromatic rings. The highest BCUT2D eigenvalue weighted by atomic mass is 16.2. The van der Waals surface area contributed by atoms with E-state index in [2.05, 4.69) is 12.2 Å². The van der Waals surface area contributed by atoms with Crippen LogP contribution < -0.4 is 5.32 Å². The molecule has 4 nitrogen and oxygen atoms in total. The lowest BCUT2D eigenvalue weighted by molar-refractivity contribution is -0.135. The van der Waals surface area contributed by atoms with Crippen molar-refractivity contribution in [2.45, 2.75) is 52.0 Å². The molecule has 1 saturated heterocycles. The Morgan fingerprint density at radius 2 is 1.95 bits per heavy atom. The Bertz CT molecular complexity index is 510. The summed E-state index contributed by atoms with van der Waals surface area (Å²) in [6.45, 7) is 5.07. The number of hydrogen-bond donors (Lipinski definition) is 1. The van der Waals surface area contributed by atoms with E-state index in [1.165, 1.54) is 12.0 Å². The van der Waals surface area contributed by atoms with Crippen LogP contribution in [0.25, 0.3) is 0 Å². The third kappa shape index (κ3) is 4.58. The molecule has 1 aliphatic rings. The molecule has 0 bridgehead atoms. The van der Waals surface area contributed by atoms with E-state index in [-0.39, 0.29) is 18.4 Å². The molecule has 0 aliphatic carbocycles. The maximum Gasteiger partial charge on any atom is 0.242 e. The third-order valence-electron chi connectivity index (χ3n) is 4.34. The van der Waals surface area contributed by atoms with Crippen LogP contribution in [0.5, 0.6) is 0 Å². The highest BCUT2D eigenvalue weighted by Gasteiger charge is 2.25. The number of benzene rings is 1. The normalized spacial score (nSPS) is 18.1. The smallest absolute Gasteiger partial charge is 0.242 e. The van der Waals surface area contributed by atoms with Gasteiger partial charge in [0.25, 0.3) is 0 Å². The van der Waals surface area contributed by atoms with E-state index < -0.39 is 0 Å². The van der Waals surface area contributed by atoms with Crippen LogP contribution in [-0.2, 0) is 16.0 Å². The zero-order valence-electron chi connectivity index (χ0n) is 13.6. The minimum atomic E-state index is -0.0951. The fourth-order valence-electron chi connectivity index (χ4n) is 2.98. The summed E-state index contributed by atoms with van der Waals surface area (Å²) in [5.41, 5.74) is 2.15. The summed E-state index contributed by atoms with van der Waals surface area (Å²) in [6.07, 6.45) is 4.66. The number of carbonyl (C=O) groups excluding carboxylic acids is 2. The molecule has 1 heterocycles. The van der Waals surface area contributed by atoms with Gasteiger partial charge in [-0.2, -0.15) is 0 Å². The lowest BCUT2D eigenvalue weighted by Gasteiger charge is -2.35. The molecular weight excluding hydrogens is 276 g/mol. The largest absolute Gasteiger partial charge is 0.347 e. The molecule has 0 saturated carbocycles. The second-order valence-corrected chi connectivity index (χ2v) is 6.08. The predicted molar refractivity (Wildman–Crippen MR) is 87.5 cm³/mol. The molecule has 1 N–H and O–H groups in total. The molecule has 0 radical (unpaired) electrons. The van der Waals surface area contributed by atoms with Gasteiger partial charge in [0.15, 0.2) is 0 Å². The van der Waals surface area contributed by atoms with Crippen molar-refractivity contribution in [3.63, 3.8) is 0 Å². The van der Waals surface area contributed by atoms with Gasteiger partial charge in [-0.15, -0.1) is 0 Å². The van der Waals surface area contributed by atoms with E-state index in [1.807, 2.05) is 36.1 Å². The molecule has 22 heavy (non-hydrogen) atoms. The summed E-state index contributed by atoms with van der Waals surface area (Å²) in [5, 5.41) is 2.76. The Labute approximate surface area is 132 Å². The molecule has 1 atom stereocenters. The molecule has 1 fully saturated rings. The van der Waals surface area contributed by atoms with Crippen molar-refractivity contribution >= 4 is 11.8 Å². The van der Waals surface area contributed by atoms with E-state index in [9.17, 15) is 9.59 Å². The fraction of sp³-hybridized carbons (Fsp3) is 0.556. The van der Waals surface area contributed by atoms with Gasteiger partial charge in [-0.3, -0.25) is 9.59 Å². The summed E-state index contributed by atoms with van der Waals surface area (Å²) < 4.78 is 0. The van der Waals surface area contributed by atoms with Crippen LogP contribution in [0, 0.1) is 6.92 Å². The van der Waals surface area contributed by atoms with Crippen molar-refractivity contribution in [3.05, 3.63) is 35.4 Å². The SMILES string of the molecule is CCC1CCCCN1C(=O)CNC(=O)Cc1ccc(C)cc1. The molecule has 0 aromatic heterocycles. The van der Waals surface area contributed by atoms with Crippen LogP contribution in [0.3, 0.4) is 0 Å². The van der Waals surface area contributed by atoms with Crippen molar-refractivity contribution in [1.82, 2.24) is 10.2 Å². The third-order valence-corrected chi connectivity index (χ3v) is 4.34. The molecule has 4 heteroatoms. The molecule has 0 spiro atoms. The van der Waals surface area contributed by atoms with Crippen LogP contribution in [0.1, 0.15) is 43.7 Å². The maximum absolute atomic E-state index is 12.3. The molecule has 1 aromatic carbocycles. The van der Waals surface area contributed by atoms with Gasteiger partial charge < -0.3 is 10.2 Å². The van der Waals surface area contributed by atoms with Crippen LogP contribution >= 0.6 is 0 Å². The van der Waals surface area contributed by atoms with E-state index in [4.69, 9.17) is 0 Å². The van der Waals surface area contributed by atoms with Gasteiger partial charge in [0.2, 0.25) is 11.8 Å². The fourth-order valence-corrected chi connectivity index (χ4v) is 2.98. The highest BCUT2D eigenvalue weighted by Crippen LogP contribution is 2.19. The van der Waals surface area contributed by atoms with Gasteiger partial charge in [-0.05, 0) is 38.2 Å². The zero-order valence-corrected chi connectivity index (χ0v) is 13.6. The average molecular weight is 302 g/mol. The Balaban J connectivity index is 1.80. The first-order chi connectivity index (χ1) is 10.6. The quantitative estimate of drug-likeness (QED) is 0.908. The summed E-state index contributed by atoms with van der Waals surface area (Å²) in [6, 6.07) is 8.24. The predicted octanol–water partition coefficient (Wildman–Crippen LogP) is 2.44. The summed E-state index contributed by atoms with van der Waals surface area (Å²) in [4.78, 5) is 26.2. The highest BCUT2D eigenvalue weighted by molar-refractivity contribution is 5.85. The standard InChI is InChI=1S/C18H26N2O2/c1-3-16-6-4-5-11-20(16)18(22)13-19-17(21)12-15-9-7-14(2)8-10-15/h7-10,16H,3-6,11-13H2,1-2H3,(H,19,21).